The van der Waals surface area contributed by atoms with Gasteiger partial charge in [0.15, 0.2) is 0 Å². The van der Waals surface area contributed by atoms with Crippen LogP contribution in [0.1, 0.15) is 5.56 Å². The number of hydrogen-bond donors (Lipinski definition) is 2. The SMILES string of the molecule is C=Cc1ccc(-c2c(N)ccc3oc4ccc(N)cc4c23)cc1. The number of furan rings is 1. The van der Waals surface area contributed by atoms with Crippen molar-refractivity contribution in [3.63, 3.8) is 0 Å². The molecule has 0 aliphatic heterocycles. The van der Waals surface area contributed by atoms with Crippen LogP contribution in [0.2, 0.25) is 0 Å². The van der Waals surface area contributed by atoms with Gasteiger partial charge in [-0.1, -0.05) is 36.9 Å². The van der Waals surface area contributed by atoms with Crippen molar-refractivity contribution in [2.24, 2.45) is 0 Å². The van der Waals surface area contributed by atoms with Gasteiger partial charge in [0.25, 0.3) is 0 Å². The summed E-state index contributed by atoms with van der Waals surface area (Å²) < 4.78 is 5.94. The van der Waals surface area contributed by atoms with Crippen LogP contribution in [0.5, 0.6) is 0 Å². The topological polar surface area (TPSA) is 65.2 Å². The average Bonchev–Trinajstić information content (AvgIpc) is 2.93. The maximum atomic E-state index is 6.28. The Morgan fingerprint density at radius 2 is 1.61 bits per heavy atom. The summed E-state index contributed by atoms with van der Waals surface area (Å²) >= 11 is 0. The van der Waals surface area contributed by atoms with Gasteiger partial charge in [-0.2, -0.15) is 0 Å². The Morgan fingerprint density at radius 1 is 0.870 bits per heavy atom. The van der Waals surface area contributed by atoms with E-state index in [1.165, 1.54) is 0 Å². The molecule has 0 spiro atoms. The second-order valence-corrected chi connectivity index (χ2v) is 5.59. The number of anilines is 2. The van der Waals surface area contributed by atoms with Crippen molar-refractivity contribution in [1.29, 1.82) is 0 Å². The molecule has 0 unspecified atom stereocenters. The van der Waals surface area contributed by atoms with Gasteiger partial charge in [0, 0.05) is 27.7 Å². The molecule has 0 saturated heterocycles. The molecule has 3 nitrogen and oxygen atoms in total. The zero-order valence-electron chi connectivity index (χ0n) is 12.5. The molecule has 3 heteroatoms. The molecule has 23 heavy (non-hydrogen) atoms. The Morgan fingerprint density at radius 3 is 2.35 bits per heavy atom. The molecule has 0 amide bonds. The molecule has 4 N–H and O–H groups in total. The van der Waals surface area contributed by atoms with Crippen LogP contribution < -0.4 is 11.5 Å². The largest absolute Gasteiger partial charge is 0.456 e. The van der Waals surface area contributed by atoms with Crippen molar-refractivity contribution in [1.82, 2.24) is 0 Å². The molecule has 4 aromatic rings. The van der Waals surface area contributed by atoms with E-state index in [-0.39, 0.29) is 0 Å². The Hall–Kier alpha value is -3.20. The van der Waals surface area contributed by atoms with E-state index in [4.69, 9.17) is 15.9 Å². The Kier molecular flexibility index (Phi) is 2.88. The lowest BCUT2D eigenvalue weighted by Gasteiger charge is -2.08. The average molecular weight is 300 g/mol. The molecule has 0 bridgehead atoms. The van der Waals surface area contributed by atoms with Crippen molar-refractivity contribution < 1.29 is 4.42 Å². The minimum Gasteiger partial charge on any atom is -0.456 e. The predicted octanol–water partition coefficient (Wildman–Crippen LogP) is 5.06. The van der Waals surface area contributed by atoms with Crippen LogP contribution in [0.3, 0.4) is 0 Å². The summed E-state index contributed by atoms with van der Waals surface area (Å²) in [4.78, 5) is 0. The number of hydrogen-bond acceptors (Lipinski definition) is 3. The summed E-state index contributed by atoms with van der Waals surface area (Å²) in [6.07, 6.45) is 1.82. The van der Waals surface area contributed by atoms with Crippen LogP contribution >= 0.6 is 0 Å². The van der Waals surface area contributed by atoms with E-state index < -0.39 is 0 Å². The molecule has 0 aliphatic rings. The number of fused-ring (bicyclic) bond motifs is 3. The van der Waals surface area contributed by atoms with Gasteiger partial charge in [0.1, 0.15) is 11.2 Å². The molecule has 4 rings (SSSR count). The summed E-state index contributed by atoms with van der Waals surface area (Å²) in [7, 11) is 0. The third-order valence-electron chi connectivity index (χ3n) is 4.13. The van der Waals surface area contributed by atoms with Gasteiger partial charge < -0.3 is 15.9 Å². The second-order valence-electron chi connectivity index (χ2n) is 5.59. The van der Waals surface area contributed by atoms with Gasteiger partial charge in [-0.15, -0.1) is 0 Å². The van der Waals surface area contributed by atoms with Crippen LogP contribution in [-0.2, 0) is 0 Å². The van der Waals surface area contributed by atoms with Gasteiger partial charge in [-0.3, -0.25) is 0 Å². The second kappa shape index (κ2) is 4.92. The highest BCUT2D eigenvalue weighted by Crippen LogP contribution is 2.40. The van der Waals surface area contributed by atoms with E-state index in [1.54, 1.807) is 0 Å². The van der Waals surface area contributed by atoms with Crippen LogP contribution in [-0.4, -0.2) is 0 Å². The molecule has 3 aromatic carbocycles. The molecule has 0 radical (unpaired) electrons. The number of benzene rings is 3. The van der Waals surface area contributed by atoms with Crippen LogP contribution in [0.15, 0.2) is 65.6 Å². The van der Waals surface area contributed by atoms with Gasteiger partial charge in [0.2, 0.25) is 0 Å². The zero-order valence-corrected chi connectivity index (χ0v) is 12.5. The number of nitrogens with two attached hydrogens (primary N) is 2. The Bertz CT molecular complexity index is 1040. The lowest BCUT2D eigenvalue weighted by atomic mass is 9.96. The number of rotatable bonds is 2. The van der Waals surface area contributed by atoms with Crippen molar-refractivity contribution >= 4 is 39.4 Å². The summed E-state index contributed by atoms with van der Waals surface area (Å²) in [6.45, 7) is 3.79. The Labute approximate surface area is 133 Å². The highest BCUT2D eigenvalue weighted by atomic mass is 16.3. The van der Waals surface area contributed by atoms with Crippen LogP contribution in [0.4, 0.5) is 11.4 Å². The quantitative estimate of drug-likeness (QED) is 0.508. The first-order valence-electron chi connectivity index (χ1n) is 7.40. The first-order valence-corrected chi connectivity index (χ1v) is 7.40. The van der Waals surface area contributed by atoms with Gasteiger partial charge in [0.05, 0.1) is 0 Å². The van der Waals surface area contributed by atoms with Gasteiger partial charge in [-0.05, 0) is 41.5 Å². The molecular formula is C20H16N2O. The third-order valence-corrected chi connectivity index (χ3v) is 4.13. The zero-order chi connectivity index (χ0) is 16.0. The van der Waals surface area contributed by atoms with E-state index in [2.05, 4.69) is 6.58 Å². The van der Waals surface area contributed by atoms with E-state index >= 15 is 0 Å². The predicted molar refractivity (Wildman–Crippen MR) is 98.1 cm³/mol. The molecule has 0 fully saturated rings. The summed E-state index contributed by atoms with van der Waals surface area (Å²) in [5.74, 6) is 0. The van der Waals surface area contributed by atoms with E-state index in [1.807, 2.05) is 60.7 Å². The Balaban J connectivity index is 2.11. The maximum Gasteiger partial charge on any atom is 0.136 e. The summed E-state index contributed by atoms with van der Waals surface area (Å²) in [5.41, 5.74) is 18.4. The van der Waals surface area contributed by atoms with Crippen molar-refractivity contribution in [3.8, 4) is 11.1 Å². The summed E-state index contributed by atoms with van der Waals surface area (Å²) in [5, 5.41) is 1.98. The van der Waals surface area contributed by atoms with E-state index in [0.717, 1.165) is 38.6 Å². The molecule has 0 atom stereocenters. The molecular weight excluding hydrogens is 284 g/mol. The van der Waals surface area contributed by atoms with Gasteiger partial charge >= 0.3 is 0 Å². The smallest absolute Gasteiger partial charge is 0.136 e. The normalized spacial score (nSPS) is 11.1. The van der Waals surface area contributed by atoms with Crippen LogP contribution in [0.25, 0.3) is 39.1 Å². The van der Waals surface area contributed by atoms with Gasteiger partial charge in [-0.25, -0.2) is 0 Å². The fourth-order valence-electron chi connectivity index (χ4n) is 3.00. The molecule has 0 saturated carbocycles. The highest BCUT2D eigenvalue weighted by molar-refractivity contribution is 6.15. The fourth-order valence-corrected chi connectivity index (χ4v) is 3.00. The van der Waals surface area contributed by atoms with E-state index in [0.29, 0.717) is 11.4 Å². The lowest BCUT2D eigenvalue weighted by Crippen LogP contribution is -1.91. The molecule has 112 valence electrons. The third kappa shape index (κ3) is 2.06. The molecule has 0 aliphatic carbocycles. The molecule has 1 heterocycles. The number of nitrogen functional groups attached to an aromatic ring is 2. The minimum atomic E-state index is 0.704. The first kappa shape index (κ1) is 13.5. The van der Waals surface area contributed by atoms with Crippen molar-refractivity contribution in [2.75, 3.05) is 11.5 Å². The summed E-state index contributed by atoms with van der Waals surface area (Å²) in [6, 6.07) is 17.6. The van der Waals surface area contributed by atoms with Crippen LogP contribution in [0, 0.1) is 0 Å². The van der Waals surface area contributed by atoms with Crippen molar-refractivity contribution in [2.45, 2.75) is 0 Å². The lowest BCUT2D eigenvalue weighted by molar-refractivity contribution is 0.669. The maximum absolute atomic E-state index is 6.28. The molecule has 1 aromatic heterocycles. The highest BCUT2D eigenvalue weighted by Gasteiger charge is 2.15. The first-order chi connectivity index (χ1) is 11.2. The van der Waals surface area contributed by atoms with Crippen molar-refractivity contribution in [3.05, 3.63) is 66.7 Å². The monoisotopic (exact) mass is 300 g/mol. The fraction of sp³-hybridized carbons (Fsp3) is 0. The standard InChI is InChI=1S/C20H16N2O/c1-2-12-3-5-13(6-4-12)19-16(22)8-10-18-20(19)15-11-14(21)7-9-17(15)23-18/h2-11H,1,21-22H2. The minimum absolute atomic E-state index is 0.704. The van der Waals surface area contributed by atoms with E-state index in [9.17, 15) is 0 Å².